The van der Waals surface area contributed by atoms with E-state index < -0.39 is 17.9 Å². The SMILES string of the molecule is COC1=CCC(CN(C(=O)[C@@H](N)Cc2c(C)cc(C(N)=O)cc2C)[C@@H](C)C2NC=C(c3ccccc3)N2)C=C1C(=O)O. The standard InChI is InChI=1S/C32H39N5O5/c1-18-12-23(29(34)38)13-19(2)24(18)15-26(33)31(39)37(17-21-10-11-28(42-4)25(14-21)32(40)41)20(3)30-35-16-27(36-30)22-8-6-5-7-9-22/h5-9,11-14,16,20-21,26,30,35-36H,10,15,17,33H2,1-4H3,(H2,34,38)(H,40,41)/t20-,21?,26-,30?/m0/s1. The van der Waals surface area contributed by atoms with Gasteiger partial charge in [0.15, 0.2) is 0 Å². The number of carboxylic acid groups (broad SMARTS) is 1. The van der Waals surface area contributed by atoms with Gasteiger partial charge in [0.25, 0.3) is 0 Å². The molecule has 4 rings (SSSR count). The second-order valence-electron chi connectivity index (χ2n) is 10.9. The maximum absolute atomic E-state index is 14.1. The van der Waals surface area contributed by atoms with Crippen LogP contribution in [-0.2, 0) is 20.7 Å². The normalized spacial score (nSPS) is 19.3. The molecule has 2 aliphatic rings. The van der Waals surface area contributed by atoms with Crippen LogP contribution in [0.3, 0.4) is 0 Å². The lowest BCUT2D eigenvalue weighted by Gasteiger charge is -2.37. The van der Waals surface area contributed by atoms with Crippen LogP contribution in [0.1, 0.15) is 46.0 Å². The summed E-state index contributed by atoms with van der Waals surface area (Å²) >= 11 is 0. The maximum atomic E-state index is 14.1. The zero-order valence-electron chi connectivity index (χ0n) is 24.4. The lowest BCUT2D eigenvalue weighted by molar-refractivity contribution is -0.135. The molecule has 2 amide bonds. The average Bonchev–Trinajstić information content (AvgIpc) is 3.47. The molecule has 4 atom stereocenters. The number of nitrogens with zero attached hydrogens (tertiary/aromatic N) is 1. The number of nitrogens with two attached hydrogens (primary N) is 2. The molecule has 0 fully saturated rings. The van der Waals surface area contributed by atoms with Crippen molar-refractivity contribution in [3.05, 3.63) is 100.0 Å². The van der Waals surface area contributed by atoms with Crippen LogP contribution in [0.2, 0.25) is 0 Å². The predicted molar refractivity (Wildman–Crippen MR) is 161 cm³/mol. The van der Waals surface area contributed by atoms with Crippen molar-refractivity contribution in [2.45, 2.75) is 51.9 Å². The number of benzene rings is 2. The number of amides is 2. The Hall–Kier alpha value is -4.57. The van der Waals surface area contributed by atoms with Crippen molar-refractivity contribution in [3.8, 4) is 0 Å². The largest absolute Gasteiger partial charge is 0.496 e. The van der Waals surface area contributed by atoms with Gasteiger partial charge >= 0.3 is 5.97 Å². The van der Waals surface area contributed by atoms with Gasteiger partial charge in [-0.25, -0.2) is 4.79 Å². The fraction of sp³-hybridized carbons (Fsp3) is 0.344. The molecule has 222 valence electrons. The topological polar surface area (TPSA) is 160 Å². The van der Waals surface area contributed by atoms with Crippen LogP contribution in [-0.4, -0.2) is 59.7 Å². The van der Waals surface area contributed by atoms with Crippen LogP contribution in [0.25, 0.3) is 5.70 Å². The smallest absolute Gasteiger partial charge is 0.339 e. The Morgan fingerprint density at radius 1 is 1.14 bits per heavy atom. The molecule has 0 radical (unpaired) electrons. The Morgan fingerprint density at radius 2 is 1.81 bits per heavy atom. The fourth-order valence-electron chi connectivity index (χ4n) is 5.59. The molecule has 2 unspecified atom stereocenters. The lowest BCUT2D eigenvalue weighted by atomic mass is 9.92. The van der Waals surface area contributed by atoms with Gasteiger partial charge in [-0.3, -0.25) is 9.59 Å². The number of ether oxygens (including phenoxy) is 1. The van der Waals surface area contributed by atoms with Crippen molar-refractivity contribution in [1.29, 1.82) is 0 Å². The molecule has 7 N–H and O–H groups in total. The Kier molecular flexibility index (Phi) is 9.37. The highest BCUT2D eigenvalue weighted by molar-refractivity contribution is 5.93. The quantitative estimate of drug-likeness (QED) is 0.274. The molecule has 2 aromatic carbocycles. The van der Waals surface area contributed by atoms with E-state index in [1.807, 2.05) is 57.3 Å². The summed E-state index contributed by atoms with van der Waals surface area (Å²) in [6.45, 7) is 5.94. The number of carbonyl (C=O) groups excluding carboxylic acids is 2. The van der Waals surface area contributed by atoms with Gasteiger partial charge in [0.1, 0.15) is 11.9 Å². The Balaban J connectivity index is 1.59. The monoisotopic (exact) mass is 573 g/mol. The number of rotatable bonds is 11. The molecule has 42 heavy (non-hydrogen) atoms. The zero-order chi connectivity index (χ0) is 30.6. The molecule has 0 saturated carbocycles. The number of carboxylic acids is 1. The summed E-state index contributed by atoms with van der Waals surface area (Å²) in [5, 5.41) is 16.6. The van der Waals surface area contributed by atoms with E-state index in [9.17, 15) is 19.5 Å². The van der Waals surface area contributed by atoms with E-state index >= 15 is 0 Å². The van der Waals surface area contributed by atoms with Crippen molar-refractivity contribution >= 4 is 23.5 Å². The minimum Gasteiger partial charge on any atom is -0.496 e. The molecule has 1 heterocycles. The van der Waals surface area contributed by atoms with Crippen LogP contribution in [0.5, 0.6) is 0 Å². The van der Waals surface area contributed by atoms with Crippen molar-refractivity contribution in [2.75, 3.05) is 13.7 Å². The first-order chi connectivity index (χ1) is 20.0. The molecular formula is C32H39N5O5. The highest BCUT2D eigenvalue weighted by Gasteiger charge is 2.35. The average molecular weight is 574 g/mol. The minimum atomic E-state index is -1.09. The number of methoxy groups -OCH3 is 1. The second-order valence-corrected chi connectivity index (χ2v) is 10.9. The van der Waals surface area contributed by atoms with E-state index in [1.165, 1.54) is 7.11 Å². The highest BCUT2D eigenvalue weighted by Crippen LogP contribution is 2.27. The molecule has 0 saturated heterocycles. The van der Waals surface area contributed by atoms with Gasteiger partial charge in [0, 0.05) is 18.3 Å². The summed E-state index contributed by atoms with van der Waals surface area (Å²) in [6, 6.07) is 12.1. The predicted octanol–water partition coefficient (Wildman–Crippen LogP) is 2.57. The van der Waals surface area contributed by atoms with E-state index in [4.69, 9.17) is 16.2 Å². The number of nitrogens with one attached hydrogen (secondary N) is 2. The fourth-order valence-corrected chi connectivity index (χ4v) is 5.59. The summed E-state index contributed by atoms with van der Waals surface area (Å²) in [5.41, 5.74) is 17.0. The Morgan fingerprint density at radius 3 is 2.40 bits per heavy atom. The summed E-state index contributed by atoms with van der Waals surface area (Å²) in [4.78, 5) is 39.4. The van der Waals surface area contributed by atoms with E-state index in [2.05, 4.69) is 10.6 Å². The summed E-state index contributed by atoms with van der Waals surface area (Å²) in [5.74, 6) is -1.81. The van der Waals surface area contributed by atoms with Crippen LogP contribution >= 0.6 is 0 Å². The van der Waals surface area contributed by atoms with Gasteiger partial charge in [0.05, 0.1) is 30.5 Å². The number of aryl methyl sites for hydroxylation is 2. The lowest BCUT2D eigenvalue weighted by Crippen LogP contribution is -2.58. The van der Waals surface area contributed by atoms with Crippen molar-refractivity contribution in [2.24, 2.45) is 17.4 Å². The number of aliphatic carboxylic acids is 1. The number of carbonyl (C=O) groups is 3. The maximum Gasteiger partial charge on any atom is 0.339 e. The summed E-state index contributed by atoms with van der Waals surface area (Å²) in [7, 11) is 1.44. The molecule has 10 nitrogen and oxygen atoms in total. The van der Waals surface area contributed by atoms with E-state index in [0.29, 0.717) is 17.7 Å². The summed E-state index contributed by atoms with van der Waals surface area (Å²) < 4.78 is 5.25. The summed E-state index contributed by atoms with van der Waals surface area (Å²) in [6.07, 6.45) is 5.77. The van der Waals surface area contributed by atoms with Crippen molar-refractivity contribution < 1.29 is 24.2 Å². The molecule has 1 aliphatic heterocycles. The molecule has 10 heteroatoms. The second kappa shape index (κ2) is 12.9. The van der Waals surface area contributed by atoms with E-state index in [0.717, 1.165) is 28.0 Å². The zero-order valence-corrected chi connectivity index (χ0v) is 24.4. The first-order valence-corrected chi connectivity index (χ1v) is 13.9. The Labute approximate surface area is 246 Å². The minimum absolute atomic E-state index is 0.0732. The van der Waals surface area contributed by atoms with Crippen molar-refractivity contribution in [3.63, 3.8) is 0 Å². The van der Waals surface area contributed by atoms with E-state index in [1.54, 1.807) is 29.2 Å². The number of hydrogen-bond acceptors (Lipinski definition) is 7. The molecule has 0 spiro atoms. The first kappa shape index (κ1) is 30.4. The molecule has 1 aliphatic carbocycles. The van der Waals surface area contributed by atoms with Gasteiger partial charge < -0.3 is 36.8 Å². The van der Waals surface area contributed by atoms with Gasteiger partial charge in [-0.15, -0.1) is 0 Å². The first-order valence-electron chi connectivity index (χ1n) is 13.9. The molecule has 0 aromatic heterocycles. The van der Waals surface area contributed by atoms with Crippen molar-refractivity contribution in [1.82, 2.24) is 15.5 Å². The van der Waals surface area contributed by atoms with Crippen LogP contribution < -0.4 is 22.1 Å². The highest BCUT2D eigenvalue weighted by atomic mass is 16.5. The van der Waals surface area contributed by atoms with Gasteiger partial charge in [-0.05, 0) is 80.0 Å². The van der Waals surface area contributed by atoms with E-state index in [-0.39, 0.29) is 42.6 Å². The number of primary amides is 1. The van der Waals surface area contributed by atoms with Gasteiger partial charge in [-0.1, -0.05) is 36.4 Å². The van der Waals surface area contributed by atoms with Gasteiger partial charge in [-0.2, -0.15) is 0 Å². The third-order valence-corrected chi connectivity index (χ3v) is 7.94. The number of allylic oxidation sites excluding steroid dienone is 1. The number of hydrogen-bond donors (Lipinski definition) is 5. The van der Waals surface area contributed by atoms with Gasteiger partial charge in [0.2, 0.25) is 11.8 Å². The molecular weight excluding hydrogens is 534 g/mol. The third kappa shape index (κ3) is 6.66. The third-order valence-electron chi connectivity index (χ3n) is 7.94. The molecule has 2 aromatic rings. The Bertz CT molecular complexity index is 1430. The van der Waals surface area contributed by atoms with Crippen LogP contribution in [0.15, 0.2) is 72.1 Å². The molecule has 0 bridgehead atoms. The van der Waals surface area contributed by atoms with Crippen LogP contribution in [0.4, 0.5) is 0 Å². The van der Waals surface area contributed by atoms with Crippen LogP contribution in [0, 0.1) is 19.8 Å².